The molecule has 9 rings (SSSR count). The standard InChI is InChI=1S/C62H63ClO11S/c1-44(64)72-59-57(68-39-48-26-14-5-15-27-48)55(66-37-46-22-10-3-11-23-46)53(42-65-36-45-20-8-2-9-21-45)73-61(59)71-43-54-56(67-38-47-24-12-4-13-25-47)58(69-40-49-28-16-6-17-29-49)60(70-41-50-30-18-7-19-31-50)62(74-54)75-52-34-32-51(63)33-35-52/h2-35,53-62H,36-43H2,1H3/t53-,54-,55-,56-,57+,58+,59-,60-,61-,62+/m1/s1. The maximum atomic E-state index is 13.3. The molecule has 0 radical (unpaired) electrons. The van der Waals surface area contributed by atoms with Crippen LogP contribution >= 0.6 is 23.4 Å². The smallest absolute Gasteiger partial charge is 0.303 e. The molecule has 7 aromatic rings. The molecule has 75 heavy (non-hydrogen) atoms. The highest BCUT2D eigenvalue weighted by atomic mass is 35.5. The first kappa shape index (κ1) is 54.1. The molecular weight excluding hydrogens is 988 g/mol. The first-order chi connectivity index (χ1) is 36.9. The van der Waals surface area contributed by atoms with E-state index in [1.165, 1.54) is 18.7 Å². The molecule has 2 aliphatic rings. The quantitative estimate of drug-likeness (QED) is 0.0509. The van der Waals surface area contributed by atoms with Gasteiger partial charge in [0.25, 0.3) is 0 Å². The van der Waals surface area contributed by atoms with E-state index < -0.39 is 66.5 Å². The number of carbonyl (C=O) groups excluding carboxylic acids is 1. The summed E-state index contributed by atoms with van der Waals surface area (Å²) in [5.41, 5.74) is 5.15. The maximum absolute atomic E-state index is 13.3. The highest BCUT2D eigenvalue weighted by molar-refractivity contribution is 7.99. The number of rotatable bonds is 25. The van der Waals surface area contributed by atoms with Crippen LogP contribution < -0.4 is 0 Å². The first-order valence-corrected chi connectivity index (χ1v) is 26.6. The van der Waals surface area contributed by atoms with E-state index in [-0.39, 0.29) is 46.2 Å². The molecule has 390 valence electrons. The van der Waals surface area contributed by atoms with Crippen LogP contribution in [0.5, 0.6) is 0 Å². The fourth-order valence-electron chi connectivity index (χ4n) is 9.07. The zero-order chi connectivity index (χ0) is 51.4. The lowest BCUT2D eigenvalue weighted by atomic mass is 9.97. The molecule has 2 saturated heterocycles. The van der Waals surface area contributed by atoms with Crippen molar-refractivity contribution in [1.82, 2.24) is 0 Å². The Bertz CT molecular complexity index is 2710. The van der Waals surface area contributed by atoms with Gasteiger partial charge >= 0.3 is 5.97 Å². The van der Waals surface area contributed by atoms with Crippen LogP contribution in [0.3, 0.4) is 0 Å². The zero-order valence-electron chi connectivity index (χ0n) is 41.8. The summed E-state index contributed by atoms with van der Waals surface area (Å²) in [5, 5.41) is 0.614. The number of carbonyl (C=O) groups is 1. The van der Waals surface area contributed by atoms with Gasteiger partial charge < -0.3 is 47.4 Å². The number of hydrogen-bond acceptors (Lipinski definition) is 12. The molecule has 0 bridgehead atoms. The van der Waals surface area contributed by atoms with Gasteiger partial charge in [0.1, 0.15) is 48.2 Å². The van der Waals surface area contributed by atoms with Gasteiger partial charge in [-0.25, -0.2) is 0 Å². The molecule has 2 aliphatic heterocycles. The molecule has 2 heterocycles. The number of benzene rings is 7. The predicted molar refractivity (Wildman–Crippen MR) is 287 cm³/mol. The second-order valence-electron chi connectivity index (χ2n) is 18.4. The Morgan fingerprint density at radius 3 is 1.19 bits per heavy atom. The molecule has 0 unspecified atom stereocenters. The van der Waals surface area contributed by atoms with Crippen LogP contribution in [0.2, 0.25) is 5.02 Å². The number of thioether (sulfide) groups is 1. The van der Waals surface area contributed by atoms with E-state index in [1.807, 2.05) is 206 Å². The molecule has 7 aromatic carbocycles. The Morgan fingerprint density at radius 1 is 0.413 bits per heavy atom. The van der Waals surface area contributed by atoms with Crippen LogP contribution in [-0.2, 0) is 91.8 Å². The van der Waals surface area contributed by atoms with Crippen molar-refractivity contribution < 1.29 is 52.2 Å². The van der Waals surface area contributed by atoms with Crippen LogP contribution in [-0.4, -0.2) is 79.7 Å². The van der Waals surface area contributed by atoms with Crippen LogP contribution in [0.25, 0.3) is 0 Å². The van der Waals surface area contributed by atoms with Gasteiger partial charge in [0.05, 0.1) is 52.9 Å². The maximum Gasteiger partial charge on any atom is 0.303 e. The highest BCUT2D eigenvalue weighted by Gasteiger charge is 2.53. The average Bonchev–Trinajstić information content (AvgIpc) is 3.45. The third-order valence-corrected chi connectivity index (χ3v) is 14.2. The molecule has 0 spiro atoms. The molecule has 0 N–H and O–H groups in total. The van der Waals surface area contributed by atoms with Crippen molar-refractivity contribution in [3.63, 3.8) is 0 Å². The van der Waals surface area contributed by atoms with E-state index in [9.17, 15) is 4.79 Å². The number of hydrogen-bond donors (Lipinski definition) is 0. The fourth-order valence-corrected chi connectivity index (χ4v) is 10.3. The van der Waals surface area contributed by atoms with Crippen molar-refractivity contribution in [2.24, 2.45) is 0 Å². The summed E-state index contributed by atoms with van der Waals surface area (Å²) in [7, 11) is 0. The number of ether oxygens (including phenoxy) is 10. The average molecular weight is 1050 g/mol. The molecule has 0 aromatic heterocycles. The Morgan fingerprint density at radius 2 is 0.773 bits per heavy atom. The molecule has 11 nitrogen and oxygen atoms in total. The van der Waals surface area contributed by atoms with Crippen molar-refractivity contribution >= 4 is 29.3 Å². The Labute approximate surface area is 449 Å². The Balaban J connectivity index is 1.07. The summed E-state index contributed by atoms with van der Waals surface area (Å²) in [6, 6.07) is 67.2. The number of esters is 1. The van der Waals surface area contributed by atoms with Crippen LogP contribution in [0.15, 0.2) is 211 Å². The molecule has 2 fully saturated rings. The lowest BCUT2D eigenvalue weighted by Gasteiger charge is -2.48. The molecule has 10 atom stereocenters. The third kappa shape index (κ3) is 16.2. The van der Waals surface area contributed by atoms with E-state index in [2.05, 4.69) is 0 Å². The van der Waals surface area contributed by atoms with Gasteiger partial charge in [-0.05, 0) is 57.6 Å². The normalized spacial score (nSPS) is 23.6. The predicted octanol–water partition coefficient (Wildman–Crippen LogP) is 12.0. The molecule has 0 aliphatic carbocycles. The van der Waals surface area contributed by atoms with Crippen molar-refractivity contribution in [1.29, 1.82) is 0 Å². The van der Waals surface area contributed by atoms with Gasteiger partial charge in [-0.1, -0.05) is 205 Å². The van der Waals surface area contributed by atoms with Crippen LogP contribution in [0, 0.1) is 0 Å². The monoisotopic (exact) mass is 1050 g/mol. The lowest BCUT2D eigenvalue weighted by molar-refractivity contribution is -0.330. The lowest BCUT2D eigenvalue weighted by Crippen LogP contribution is -2.63. The van der Waals surface area contributed by atoms with Crippen molar-refractivity contribution in [2.45, 2.75) is 112 Å². The summed E-state index contributed by atoms with van der Waals surface area (Å²) < 4.78 is 68.4. The highest BCUT2D eigenvalue weighted by Crippen LogP contribution is 2.40. The third-order valence-electron chi connectivity index (χ3n) is 12.8. The minimum absolute atomic E-state index is 0.0886. The summed E-state index contributed by atoms with van der Waals surface area (Å²) in [4.78, 5) is 14.2. The summed E-state index contributed by atoms with van der Waals surface area (Å²) in [5.74, 6) is -0.545. The van der Waals surface area contributed by atoms with Gasteiger partial charge in [-0.2, -0.15) is 0 Å². The van der Waals surface area contributed by atoms with E-state index in [0.717, 1.165) is 38.3 Å². The van der Waals surface area contributed by atoms with Gasteiger partial charge in [0.2, 0.25) is 0 Å². The van der Waals surface area contributed by atoms with Gasteiger partial charge in [0.15, 0.2) is 12.4 Å². The second-order valence-corrected chi connectivity index (χ2v) is 20.0. The van der Waals surface area contributed by atoms with E-state index in [0.29, 0.717) is 11.6 Å². The number of halogens is 1. The van der Waals surface area contributed by atoms with Crippen LogP contribution in [0.4, 0.5) is 0 Å². The fraction of sp³-hybridized carbons (Fsp3) is 0.306. The van der Waals surface area contributed by atoms with Gasteiger partial charge in [-0.3, -0.25) is 4.79 Å². The van der Waals surface area contributed by atoms with Gasteiger partial charge in [0, 0.05) is 16.8 Å². The summed E-state index contributed by atoms with van der Waals surface area (Å²) >= 11 is 7.90. The molecule has 13 heteroatoms. The largest absolute Gasteiger partial charge is 0.454 e. The summed E-state index contributed by atoms with van der Waals surface area (Å²) in [6.45, 7) is 2.91. The first-order valence-electron chi connectivity index (χ1n) is 25.3. The Kier molecular flexibility index (Phi) is 20.5. The molecule has 0 saturated carbocycles. The minimum atomic E-state index is -1.19. The second kappa shape index (κ2) is 28.4. The van der Waals surface area contributed by atoms with Crippen molar-refractivity contribution in [3.05, 3.63) is 245 Å². The summed E-state index contributed by atoms with van der Waals surface area (Å²) in [6.07, 6.45) is -7.60. The molecular formula is C62H63ClO11S. The SMILES string of the molecule is CC(=O)O[C@H]1[C@H](OC[C@H]2O[C@@H](Sc3ccc(Cl)cc3)[C@H](OCc3ccccc3)[C@@H](OCc3ccccc3)[C@@H]2OCc2ccccc2)O[C@H](COCc2ccccc2)[C@@H](OCc2ccccc2)[C@@H]1OCc1ccccc1. The van der Waals surface area contributed by atoms with Crippen molar-refractivity contribution in [2.75, 3.05) is 13.2 Å². The van der Waals surface area contributed by atoms with E-state index >= 15 is 0 Å². The van der Waals surface area contributed by atoms with Gasteiger partial charge in [-0.15, -0.1) is 0 Å². The minimum Gasteiger partial charge on any atom is -0.454 e. The van der Waals surface area contributed by atoms with Crippen molar-refractivity contribution in [3.8, 4) is 0 Å². The zero-order valence-corrected chi connectivity index (χ0v) is 43.4. The van der Waals surface area contributed by atoms with E-state index in [1.54, 1.807) is 0 Å². The molecule has 0 amide bonds. The van der Waals surface area contributed by atoms with E-state index in [4.69, 9.17) is 59.0 Å². The topological polar surface area (TPSA) is 109 Å². The Hall–Kier alpha value is -5.71. The van der Waals surface area contributed by atoms with Crippen LogP contribution in [0.1, 0.15) is 40.3 Å².